The summed E-state index contributed by atoms with van der Waals surface area (Å²) < 4.78 is 26.7. The lowest BCUT2D eigenvalue weighted by molar-refractivity contribution is -0.117. The molecule has 37 heavy (non-hydrogen) atoms. The number of carbonyl (C=O) groups is 2. The standard InChI is InChI=1S/C28H28N4O4S/c1-20(2)37(35,36)31(3)24-10-6-11-25(17-24)32(27(34)18-26(33)28-29-14-7-15-30-28)19-21-12-13-22-8-4-5-9-23(22)16-21/h4-17,20H,18-19H2,1-3H3. The van der Waals surface area contributed by atoms with Crippen LogP contribution in [0.1, 0.15) is 36.5 Å². The number of Topliss-reactive ketones (excluding diaryl/α,β-unsaturated/α-hetero) is 1. The second-order valence-electron chi connectivity index (χ2n) is 8.91. The Morgan fingerprint density at radius 2 is 1.51 bits per heavy atom. The van der Waals surface area contributed by atoms with Gasteiger partial charge in [0, 0.05) is 25.1 Å². The third-order valence-electron chi connectivity index (χ3n) is 6.07. The van der Waals surface area contributed by atoms with Gasteiger partial charge in [0.25, 0.3) is 0 Å². The van der Waals surface area contributed by atoms with Crippen LogP contribution in [0.25, 0.3) is 10.8 Å². The highest BCUT2D eigenvalue weighted by molar-refractivity contribution is 7.93. The Labute approximate surface area is 216 Å². The topological polar surface area (TPSA) is 101 Å². The first-order chi connectivity index (χ1) is 17.7. The molecule has 0 atom stereocenters. The number of carbonyl (C=O) groups excluding carboxylic acids is 2. The predicted octanol–water partition coefficient (Wildman–Crippen LogP) is 4.61. The quantitative estimate of drug-likeness (QED) is 0.238. The van der Waals surface area contributed by atoms with Crippen molar-refractivity contribution in [2.75, 3.05) is 16.3 Å². The molecule has 0 aliphatic rings. The van der Waals surface area contributed by atoms with Gasteiger partial charge in [0.05, 0.1) is 23.9 Å². The first-order valence-electron chi connectivity index (χ1n) is 11.8. The van der Waals surface area contributed by atoms with Crippen molar-refractivity contribution in [2.24, 2.45) is 0 Å². The zero-order valence-corrected chi connectivity index (χ0v) is 21.7. The van der Waals surface area contributed by atoms with E-state index in [1.54, 1.807) is 44.2 Å². The summed E-state index contributed by atoms with van der Waals surface area (Å²) in [7, 11) is -2.09. The molecular formula is C28H28N4O4S. The molecule has 1 amide bonds. The highest BCUT2D eigenvalue weighted by Gasteiger charge is 2.25. The molecule has 4 rings (SSSR count). The molecule has 9 heteroatoms. The van der Waals surface area contributed by atoms with Crippen molar-refractivity contribution < 1.29 is 18.0 Å². The van der Waals surface area contributed by atoms with E-state index in [0.29, 0.717) is 11.4 Å². The maximum Gasteiger partial charge on any atom is 0.237 e. The summed E-state index contributed by atoms with van der Waals surface area (Å²) in [4.78, 5) is 35.6. The number of hydrogen-bond donors (Lipinski definition) is 0. The Kier molecular flexibility index (Phi) is 7.63. The van der Waals surface area contributed by atoms with Gasteiger partial charge in [-0.25, -0.2) is 18.4 Å². The van der Waals surface area contributed by atoms with Gasteiger partial charge in [-0.3, -0.25) is 13.9 Å². The third-order valence-corrected chi connectivity index (χ3v) is 8.23. The molecule has 190 valence electrons. The fraction of sp³-hybridized carbons (Fsp3) is 0.214. The minimum atomic E-state index is -3.57. The van der Waals surface area contributed by atoms with Crippen LogP contribution in [0.2, 0.25) is 0 Å². The molecule has 0 N–H and O–H groups in total. The van der Waals surface area contributed by atoms with Gasteiger partial charge in [0.2, 0.25) is 21.7 Å². The molecule has 0 fully saturated rings. The van der Waals surface area contributed by atoms with Crippen molar-refractivity contribution in [1.82, 2.24) is 9.97 Å². The number of amides is 1. The summed E-state index contributed by atoms with van der Waals surface area (Å²) in [6, 6.07) is 22.1. The van der Waals surface area contributed by atoms with E-state index in [9.17, 15) is 18.0 Å². The molecule has 1 aromatic heterocycles. The highest BCUT2D eigenvalue weighted by Crippen LogP contribution is 2.27. The predicted molar refractivity (Wildman–Crippen MR) is 145 cm³/mol. The van der Waals surface area contributed by atoms with Gasteiger partial charge in [-0.05, 0) is 60.5 Å². The highest BCUT2D eigenvalue weighted by atomic mass is 32.2. The largest absolute Gasteiger partial charge is 0.308 e. The Balaban J connectivity index is 1.70. The number of benzene rings is 3. The van der Waals surface area contributed by atoms with Crippen LogP contribution in [0.3, 0.4) is 0 Å². The van der Waals surface area contributed by atoms with Crippen molar-refractivity contribution in [2.45, 2.75) is 32.1 Å². The van der Waals surface area contributed by atoms with E-state index >= 15 is 0 Å². The minimum absolute atomic E-state index is 0.0296. The normalized spacial score (nSPS) is 11.5. The molecule has 3 aromatic carbocycles. The number of aromatic nitrogens is 2. The van der Waals surface area contributed by atoms with Crippen molar-refractivity contribution in [3.8, 4) is 0 Å². The molecule has 4 aromatic rings. The van der Waals surface area contributed by atoms with Crippen LogP contribution in [0.4, 0.5) is 11.4 Å². The molecule has 0 spiro atoms. The molecule has 0 bridgehead atoms. The van der Waals surface area contributed by atoms with Gasteiger partial charge >= 0.3 is 0 Å². The van der Waals surface area contributed by atoms with Crippen LogP contribution in [-0.2, 0) is 21.4 Å². The zero-order valence-electron chi connectivity index (χ0n) is 20.9. The van der Waals surface area contributed by atoms with Gasteiger partial charge in [-0.1, -0.05) is 42.5 Å². The van der Waals surface area contributed by atoms with Gasteiger partial charge < -0.3 is 4.90 Å². The van der Waals surface area contributed by atoms with E-state index in [2.05, 4.69) is 9.97 Å². The lowest BCUT2D eigenvalue weighted by Gasteiger charge is -2.26. The second-order valence-corrected chi connectivity index (χ2v) is 11.4. The van der Waals surface area contributed by atoms with Crippen LogP contribution >= 0.6 is 0 Å². The fourth-order valence-electron chi connectivity index (χ4n) is 3.92. The van der Waals surface area contributed by atoms with Crippen LogP contribution < -0.4 is 9.21 Å². The summed E-state index contributed by atoms with van der Waals surface area (Å²) in [6.45, 7) is 3.42. The third kappa shape index (κ3) is 5.83. The molecule has 0 aliphatic heterocycles. The lowest BCUT2D eigenvalue weighted by atomic mass is 10.1. The summed E-state index contributed by atoms with van der Waals surface area (Å²) in [6.07, 6.45) is 2.47. The smallest absolute Gasteiger partial charge is 0.237 e. The number of nitrogens with zero attached hydrogens (tertiary/aromatic N) is 4. The van der Waals surface area contributed by atoms with Crippen LogP contribution in [0.5, 0.6) is 0 Å². The van der Waals surface area contributed by atoms with Crippen LogP contribution in [0.15, 0.2) is 85.2 Å². The lowest BCUT2D eigenvalue weighted by Crippen LogP contribution is -2.34. The molecule has 0 saturated heterocycles. The SMILES string of the molecule is CC(C)S(=O)(=O)N(C)c1cccc(N(Cc2ccc3ccccc3c2)C(=O)CC(=O)c2ncccn2)c1. The summed E-state index contributed by atoms with van der Waals surface area (Å²) in [5, 5.41) is 1.49. The first kappa shape index (κ1) is 26.0. The number of sulfonamides is 1. The second kappa shape index (κ2) is 10.9. The first-order valence-corrected chi connectivity index (χ1v) is 13.3. The van der Waals surface area contributed by atoms with Gasteiger partial charge in [0.15, 0.2) is 5.82 Å². The van der Waals surface area contributed by atoms with E-state index in [1.165, 1.54) is 28.6 Å². The van der Waals surface area contributed by atoms with Crippen molar-refractivity contribution in [1.29, 1.82) is 0 Å². The van der Waals surface area contributed by atoms with Crippen molar-refractivity contribution in [3.05, 3.63) is 96.6 Å². The Bertz CT molecular complexity index is 1540. The molecule has 0 saturated carbocycles. The molecule has 0 radical (unpaired) electrons. The minimum Gasteiger partial charge on any atom is -0.308 e. The summed E-state index contributed by atoms with van der Waals surface area (Å²) in [5.74, 6) is -0.972. The number of fused-ring (bicyclic) bond motifs is 1. The maximum atomic E-state index is 13.5. The van der Waals surface area contributed by atoms with E-state index < -0.39 is 33.4 Å². The number of hydrogen-bond acceptors (Lipinski definition) is 6. The number of anilines is 2. The van der Waals surface area contributed by atoms with Crippen molar-refractivity contribution in [3.63, 3.8) is 0 Å². The average Bonchev–Trinajstić information content (AvgIpc) is 2.91. The molecule has 8 nitrogen and oxygen atoms in total. The Morgan fingerprint density at radius 3 is 2.22 bits per heavy atom. The van der Waals surface area contributed by atoms with E-state index in [-0.39, 0.29) is 12.4 Å². The molecule has 0 unspecified atom stereocenters. The summed E-state index contributed by atoms with van der Waals surface area (Å²) in [5.41, 5.74) is 1.76. The monoisotopic (exact) mass is 516 g/mol. The van der Waals surface area contributed by atoms with E-state index in [0.717, 1.165) is 16.3 Å². The zero-order chi connectivity index (χ0) is 26.6. The number of ketones is 1. The van der Waals surface area contributed by atoms with Crippen LogP contribution in [-0.4, -0.2) is 42.4 Å². The van der Waals surface area contributed by atoms with Crippen LogP contribution in [0, 0.1) is 0 Å². The van der Waals surface area contributed by atoms with E-state index in [4.69, 9.17) is 0 Å². The Morgan fingerprint density at radius 1 is 0.838 bits per heavy atom. The molecule has 0 aliphatic carbocycles. The molecular weight excluding hydrogens is 488 g/mol. The van der Waals surface area contributed by atoms with Gasteiger partial charge in [-0.15, -0.1) is 0 Å². The van der Waals surface area contributed by atoms with E-state index in [1.807, 2.05) is 42.5 Å². The fourth-order valence-corrected chi connectivity index (χ4v) is 4.96. The van der Waals surface area contributed by atoms with Gasteiger partial charge in [0.1, 0.15) is 0 Å². The average molecular weight is 517 g/mol. The van der Waals surface area contributed by atoms with Gasteiger partial charge in [-0.2, -0.15) is 0 Å². The number of rotatable bonds is 9. The summed E-state index contributed by atoms with van der Waals surface area (Å²) >= 11 is 0. The van der Waals surface area contributed by atoms with Crippen molar-refractivity contribution >= 4 is 43.9 Å². The molecule has 1 heterocycles. The Hall–Kier alpha value is -4.11. The maximum absolute atomic E-state index is 13.5.